The third-order valence-corrected chi connectivity index (χ3v) is 5.21. The Kier molecular flexibility index (Phi) is 5.54. The lowest BCUT2D eigenvalue weighted by Crippen LogP contribution is -2.39. The molecule has 0 aliphatic heterocycles. The van der Waals surface area contributed by atoms with Gasteiger partial charge in [-0.3, -0.25) is 11.3 Å². The van der Waals surface area contributed by atoms with Crippen LogP contribution in [0.1, 0.15) is 36.8 Å². The van der Waals surface area contributed by atoms with E-state index in [1.54, 1.807) is 0 Å². The maximum absolute atomic E-state index is 5.67. The van der Waals surface area contributed by atoms with E-state index in [9.17, 15) is 0 Å². The van der Waals surface area contributed by atoms with Gasteiger partial charge in [0.05, 0.1) is 0 Å². The highest BCUT2D eigenvalue weighted by Gasteiger charge is 2.17. The van der Waals surface area contributed by atoms with Crippen molar-refractivity contribution >= 4 is 11.8 Å². The van der Waals surface area contributed by atoms with Gasteiger partial charge in [-0.1, -0.05) is 42.7 Å². The normalized spacial score (nSPS) is 18.1. The molecular formula is C15H24N2S. The highest BCUT2D eigenvalue weighted by Crippen LogP contribution is 2.29. The van der Waals surface area contributed by atoms with Crippen molar-refractivity contribution in [2.75, 3.05) is 5.75 Å². The molecule has 2 nitrogen and oxygen atoms in total. The predicted molar refractivity (Wildman–Crippen MR) is 80.7 cm³/mol. The summed E-state index contributed by atoms with van der Waals surface area (Å²) in [5.41, 5.74) is 5.66. The quantitative estimate of drug-likeness (QED) is 0.612. The van der Waals surface area contributed by atoms with Crippen molar-refractivity contribution in [1.29, 1.82) is 0 Å². The van der Waals surface area contributed by atoms with Crippen LogP contribution in [0.5, 0.6) is 0 Å². The van der Waals surface area contributed by atoms with E-state index in [1.807, 2.05) is 0 Å². The molecule has 2 rings (SSSR count). The molecule has 3 heteroatoms. The molecule has 1 aromatic carbocycles. The first-order chi connectivity index (χ1) is 8.78. The summed E-state index contributed by atoms with van der Waals surface area (Å²) < 4.78 is 0. The first-order valence-corrected chi connectivity index (χ1v) is 7.96. The van der Waals surface area contributed by atoms with E-state index in [0.717, 1.165) is 17.4 Å². The van der Waals surface area contributed by atoms with Crippen molar-refractivity contribution in [3.05, 3.63) is 35.4 Å². The zero-order valence-electron chi connectivity index (χ0n) is 11.2. The number of rotatable bonds is 6. The smallest absolute Gasteiger partial charge is 0.0341 e. The van der Waals surface area contributed by atoms with Gasteiger partial charge in [0, 0.05) is 17.0 Å². The molecule has 0 radical (unpaired) electrons. The van der Waals surface area contributed by atoms with Crippen molar-refractivity contribution in [2.45, 2.75) is 50.3 Å². The summed E-state index contributed by atoms with van der Waals surface area (Å²) in [6.45, 7) is 2.12. The second kappa shape index (κ2) is 7.17. The second-order valence-corrected chi connectivity index (χ2v) is 6.63. The summed E-state index contributed by atoms with van der Waals surface area (Å²) in [4.78, 5) is 0. The van der Waals surface area contributed by atoms with Gasteiger partial charge in [0.1, 0.15) is 0 Å². The topological polar surface area (TPSA) is 38.0 Å². The van der Waals surface area contributed by atoms with E-state index in [-0.39, 0.29) is 0 Å². The molecule has 3 N–H and O–H groups in total. The molecule has 1 aliphatic carbocycles. The van der Waals surface area contributed by atoms with Gasteiger partial charge >= 0.3 is 0 Å². The molecule has 0 amide bonds. The number of benzene rings is 1. The van der Waals surface area contributed by atoms with Gasteiger partial charge in [0.25, 0.3) is 0 Å². The van der Waals surface area contributed by atoms with Crippen LogP contribution >= 0.6 is 11.8 Å². The number of nitrogens with one attached hydrogen (secondary N) is 1. The van der Waals surface area contributed by atoms with Crippen molar-refractivity contribution in [2.24, 2.45) is 5.84 Å². The van der Waals surface area contributed by atoms with E-state index < -0.39 is 0 Å². The Balaban J connectivity index is 1.79. The molecule has 0 aromatic heterocycles. The lowest BCUT2D eigenvalue weighted by molar-refractivity contribution is 0.574. The van der Waals surface area contributed by atoms with Crippen LogP contribution in [0.3, 0.4) is 0 Å². The Labute approximate surface area is 115 Å². The third kappa shape index (κ3) is 4.30. The summed E-state index contributed by atoms with van der Waals surface area (Å²) in [7, 11) is 0. The largest absolute Gasteiger partial charge is 0.271 e. The molecule has 18 heavy (non-hydrogen) atoms. The Bertz CT molecular complexity index is 344. The van der Waals surface area contributed by atoms with Crippen molar-refractivity contribution < 1.29 is 0 Å². The molecule has 1 aromatic rings. The monoisotopic (exact) mass is 264 g/mol. The van der Waals surface area contributed by atoms with Crippen molar-refractivity contribution in [1.82, 2.24) is 5.43 Å². The minimum Gasteiger partial charge on any atom is -0.271 e. The van der Waals surface area contributed by atoms with Crippen LogP contribution in [0.2, 0.25) is 0 Å². The lowest BCUT2D eigenvalue weighted by atomic mass is 10.1. The van der Waals surface area contributed by atoms with E-state index in [1.165, 1.54) is 36.8 Å². The maximum Gasteiger partial charge on any atom is 0.0341 e. The minimum atomic E-state index is 0.387. The van der Waals surface area contributed by atoms with E-state index in [2.05, 4.69) is 48.4 Å². The van der Waals surface area contributed by atoms with Crippen LogP contribution < -0.4 is 11.3 Å². The predicted octanol–water partition coefficient (Wildman–Crippen LogP) is 3.05. The number of aryl methyl sites for hydroxylation is 1. The fourth-order valence-electron chi connectivity index (χ4n) is 2.48. The van der Waals surface area contributed by atoms with Crippen LogP contribution in [-0.4, -0.2) is 17.0 Å². The second-order valence-electron chi connectivity index (χ2n) is 5.29. The maximum atomic E-state index is 5.67. The molecule has 1 saturated carbocycles. The number of hydrogen-bond donors (Lipinski definition) is 2. The SMILES string of the molecule is Cc1ccc(CC(CSC2CCCC2)NN)cc1. The molecule has 0 heterocycles. The van der Waals surface area contributed by atoms with Crippen LogP contribution in [0.4, 0.5) is 0 Å². The molecule has 0 bridgehead atoms. The lowest BCUT2D eigenvalue weighted by Gasteiger charge is -2.18. The summed E-state index contributed by atoms with van der Waals surface area (Å²) in [6, 6.07) is 9.15. The molecule has 0 spiro atoms. The molecule has 1 aliphatic rings. The molecule has 1 unspecified atom stereocenters. The van der Waals surface area contributed by atoms with Crippen molar-refractivity contribution in [3.63, 3.8) is 0 Å². The number of thioether (sulfide) groups is 1. The molecule has 100 valence electrons. The molecule has 1 fully saturated rings. The summed E-state index contributed by atoms with van der Waals surface area (Å²) in [5.74, 6) is 6.79. The van der Waals surface area contributed by atoms with E-state index >= 15 is 0 Å². The average Bonchev–Trinajstić information content (AvgIpc) is 2.90. The first-order valence-electron chi connectivity index (χ1n) is 6.91. The van der Waals surface area contributed by atoms with Gasteiger partial charge in [-0.25, -0.2) is 0 Å². The van der Waals surface area contributed by atoms with Gasteiger partial charge < -0.3 is 0 Å². The number of hydrogen-bond acceptors (Lipinski definition) is 3. The molecular weight excluding hydrogens is 240 g/mol. The van der Waals surface area contributed by atoms with E-state index in [0.29, 0.717) is 6.04 Å². The highest BCUT2D eigenvalue weighted by atomic mass is 32.2. The Morgan fingerprint density at radius 2 is 1.94 bits per heavy atom. The van der Waals surface area contributed by atoms with Crippen molar-refractivity contribution in [3.8, 4) is 0 Å². The van der Waals surface area contributed by atoms with Gasteiger partial charge in [-0.05, 0) is 31.7 Å². The Morgan fingerprint density at radius 1 is 1.28 bits per heavy atom. The van der Waals surface area contributed by atoms with E-state index in [4.69, 9.17) is 5.84 Å². The van der Waals surface area contributed by atoms with Crippen LogP contribution in [0, 0.1) is 6.92 Å². The standard InChI is InChI=1S/C15H24N2S/c1-12-6-8-13(9-7-12)10-14(17-16)11-18-15-4-2-3-5-15/h6-9,14-15,17H,2-5,10-11,16H2,1H3. The number of nitrogens with two attached hydrogens (primary N) is 1. The zero-order valence-corrected chi connectivity index (χ0v) is 12.0. The van der Waals surface area contributed by atoms with Gasteiger partial charge in [-0.2, -0.15) is 11.8 Å². The van der Waals surface area contributed by atoms with Crippen LogP contribution in [-0.2, 0) is 6.42 Å². The fraction of sp³-hybridized carbons (Fsp3) is 0.600. The minimum absolute atomic E-state index is 0.387. The third-order valence-electron chi connectivity index (χ3n) is 3.67. The average molecular weight is 264 g/mol. The summed E-state index contributed by atoms with van der Waals surface area (Å²) >= 11 is 2.10. The van der Waals surface area contributed by atoms with Crippen LogP contribution in [0.25, 0.3) is 0 Å². The molecule has 0 saturated heterocycles. The summed E-state index contributed by atoms with van der Waals surface area (Å²) in [6.07, 6.45) is 6.64. The highest BCUT2D eigenvalue weighted by molar-refractivity contribution is 7.99. The van der Waals surface area contributed by atoms with Gasteiger partial charge in [0.2, 0.25) is 0 Å². The van der Waals surface area contributed by atoms with Gasteiger partial charge in [0.15, 0.2) is 0 Å². The number of hydrazine groups is 1. The van der Waals surface area contributed by atoms with Gasteiger partial charge in [-0.15, -0.1) is 0 Å². The molecule has 1 atom stereocenters. The Morgan fingerprint density at radius 3 is 2.56 bits per heavy atom. The zero-order chi connectivity index (χ0) is 12.8. The fourth-order valence-corrected chi connectivity index (χ4v) is 3.87. The first kappa shape index (κ1) is 13.9. The Hall–Kier alpha value is -0.510. The summed E-state index contributed by atoms with van der Waals surface area (Å²) in [5, 5.41) is 0.874. The van der Waals surface area contributed by atoms with Crippen LogP contribution in [0.15, 0.2) is 24.3 Å².